The third-order valence-corrected chi connectivity index (χ3v) is 5.34. The number of methoxy groups -OCH3 is 1. The molecule has 0 fully saturated rings. The molecule has 1 amide bonds. The summed E-state index contributed by atoms with van der Waals surface area (Å²) in [5, 5.41) is 4.02. The van der Waals surface area contributed by atoms with Crippen LogP contribution in [-0.2, 0) is 5.75 Å². The fraction of sp³-hybridized carbons (Fsp3) is 0.105. The molecule has 1 heterocycles. The van der Waals surface area contributed by atoms with Gasteiger partial charge in [-0.15, -0.1) is 0 Å². The van der Waals surface area contributed by atoms with Gasteiger partial charge in [0.2, 0.25) is 0 Å². The number of ether oxygens (including phenoxy) is 1. The Hall–Kier alpha value is -2.09. The summed E-state index contributed by atoms with van der Waals surface area (Å²) in [5.74, 6) is 0.905. The molecule has 0 unspecified atom stereocenters. The summed E-state index contributed by atoms with van der Waals surface area (Å²) in [5.41, 5.74) is 1.93. The van der Waals surface area contributed by atoms with E-state index in [0.717, 1.165) is 5.56 Å². The Labute approximate surface area is 174 Å². The number of hydrogen-bond acceptors (Lipinski definition) is 5. The topological polar surface area (TPSA) is 64.1 Å². The van der Waals surface area contributed by atoms with Crippen molar-refractivity contribution in [3.8, 4) is 5.75 Å². The number of benzene rings is 2. The molecule has 138 valence electrons. The highest BCUT2D eigenvalue weighted by Gasteiger charge is 2.16. The van der Waals surface area contributed by atoms with Gasteiger partial charge in [-0.3, -0.25) is 4.79 Å². The summed E-state index contributed by atoms with van der Waals surface area (Å²) >= 11 is 10.7. The third kappa shape index (κ3) is 5.22. The first-order valence-electron chi connectivity index (χ1n) is 7.91. The van der Waals surface area contributed by atoms with E-state index in [2.05, 4.69) is 31.2 Å². The molecule has 8 heteroatoms. The summed E-state index contributed by atoms with van der Waals surface area (Å²) < 4.78 is 5.78. The van der Waals surface area contributed by atoms with Crippen LogP contribution < -0.4 is 10.1 Å². The number of amides is 1. The van der Waals surface area contributed by atoms with E-state index in [-0.39, 0.29) is 11.6 Å². The maximum absolute atomic E-state index is 12.7. The number of nitrogens with one attached hydrogen (secondary N) is 1. The lowest BCUT2D eigenvalue weighted by Crippen LogP contribution is -2.15. The number of thioether (sulfide) groups is 1. The Morgan fingerprint density at radius 3 is 2.70 bits per heavy atom. The van der Waals surface area contributed by atoms with Gasteiger partial charge in [0, 0.05) is 17.0 Å². The zero-order valence-corrected chi connectivity index (χ0v) is 17.4. The van der Waals surface area contributed by atoms with Gasteiger partial charge in [-0.1, -0.05) is 47.6 Å². The first-order valence-corrected chi connectivity index (χ1v) is 10.1. The summed E-state index contributed by atoms with van der Waals surface area (Å²) in [7, 11) is 1.55. The molecule has 0 aliphatic heterocycles. The molecule has 3 aromatic rings. The highest BCUT2D eigenvalue weighted by molar-refractivity contribution is 9.10. The lowest BCUT2D eigenvalue weighted by atomic mass is 10.2. The lowest BCUT2D eigenvalue weighted by molar-refractivity contribution is 0.102. The highest BCUT2D eigenvalue weighted by atomic mass is 79.9. The standard InChI is InChI=1S/C19H15BrClN3O2S/c1-26-16-5-3-2-4-15(16)23-18(25)17-14(20)10-22-19(24-17)27-11-12-6-8-13(21)9-7-12/h2-10H,11H2,1H3,(H,23,25). The Bertz CT molecular complexity index is 954. The Balaban J connectivity index is 1.74. The first-order chi connectivity index (χ1) is 13.1. The molecule has 0 saturated carbocycles. The SMILES string of the molecule is COc1ccccc1NC(=O)c1nc(SCc2ccc(Cl)cc2)ncc1Br. The molecule has 0 bridgehead atoms. The van der Waals surface area contributed by atoms with E-state index in [1.54, 1.807) is 25.4 Å². The predicted octanol–water partition coefficient (Wildman–Crippen LogP) is 5.45. The van der Waals surface area contributed by atoms with Gasteiger partial charge in [-0.2, -0.15) is 0 Å². The summed E-state index contributed by atoms with van der Waals surface area (Å²) in [6.07, 6.45) is 1.58. The van der Waals surface area contributed by atoms with Crippen molar-refractivity contribution in [1.82, 2.24) is 9.97 Å². The molecular weight excluding hydrogens is 450 g/mol. The lowest BCUT2D eigenvalue weighted by Gasteiger charge is -2.10. The van der Waals surface area contributed by atoms with Crippen molar-refractivity contribution >= 4 is 50.9 Å². The van der Waals surface area contributed by atoms with Crippen LogP contribution in [0.25, 0.3) is 0 Å². The number of para-hydroxylation sites is 2. The van der Waals surface area contributed by atoms with Crippen molar-refractivity contribution in [3.05, 3.63) is 75.5 Å². The molecule has 0 radical (unpaired) electrons. The van der Waals surface area contributed by atoms with E-state index in [0.29, 0.717) is 31.8 Å². The van der Waals surface area contributed by atoms with Crippen LogP contribution in [0.2, 0.25) is 5.02 Å². The predicted molar refractivity (Wildman–Crippen MR) is 112 cm³/mol. The van der Waals surface area contributed by atoms with Crippen LogP contribution in [0.3, 0.4) is 0 Å². The first kappa shape index (κ1) is 19.7. The second kappa shape index (κ2) is 9.21. The number of carbonyl (C=O) groups is 1. The largest absolute Gasteiger partial charge is 0.495 e. The molecule has 1 aromatic heterocycles. The van der Waals surface area contributed by atoms with Gasteiger partial charge in [0.25, 0.3) is 5.91 Å². The van der Waals surface area contributed by atoms with Crippen molar-refractivity contribution in [2.75, 3.05) is 12.4 Å². The van der Waals surface area contributed by atoms with E-state index in [1.165, 1.54) is 11.8 Å². The average Bonchev–Trinajstić information content (AvgIpc) is 2.69. The van der Waals surface area contributed by atoms with Crippen LogP contribution >= 0.6 is 39.3 Å². The van der Waals surface area contributed by atoms with Gasteiger partial charge in [0.1, 0.15) is 11.4 Å². The Kier molecular flexibility index (Phi) is 6.71. The van der Waals surface area contributed by atoms with Crippen LogP contribution in [0.15, 0.2) is 64.4 Å². The maximum Gasteiger partial charge on any atom is 0.275 e. The Morgan fingerprint density at radius 1 is 1.22 bits per heavy atom. The second-order valence-electron chi connectivity index (χ2n) is 5.42. The van der Waals surface area contributed by atoms with E-state index in [1.807, 2.05) is 36.4 Å². The zero-order chi connectivity index (χ0) is 19.2. The number of nitrogens with zero attached hydrogens (tertiary/aromatic N) is 2. The minimum atomic E-state index is -0.345. The second-order valence-corrected chi connectivity index (χ2v) is 7.65. The van der Waals surface area contributed by atoms with E-state index in [4.69, 9.17) is 16.3 Å². The molecule has 0 saturated heterocycles. The third-order valence-electron chi connectivity index (χ3n) is 3.57. The summed E-state index contributed by atoms with van der Waals surface area (Å²) in [6.45, 7) is 0. The van der Waals surface area contributed by atoms with Crippen LogP contribution in [0.4, 0.5) is 5.69 Å². The minimum absolute atomic E-state index is 0.259. The van der Waals surface area contributed by atoms with Gasteiger partial charge < -0.3 is 10.1 Å². The quantitative estimate of drug-likeness (QED) is 0.388. The van der Waals surface area contributed by atoms with Crippen LogP contribution in [0, 0.1) is 0 Å². The summed E-state index contributed by atoms with van der Waals surface area (Å²) in [6, 6.07) is 14.8. The molecule has 0 spiro atoms. The van der Waals surface area contributed by atoms with Gasteiger partial charge in [0.15, 0.2) is 5.16 Å². The molecule has 3 rings (SSSR count). The number of rotatable bonds is 6. The van der Waals surface area contributed by atoms with Crippen molar-refractivity contribution in [1.29, 1.82) is 0 Å². The minimum Gasteiger partial charge on any atom is -0.495 e. The zero-order valence-electron chi connectivity index (χ0n) is 14.3. The van der Waals surface area contributed by atoms with E-state index >= 15 is 0 Å². The van der Waals surface area contributed by atoms with Crippen molar-refractivity contribution in [3.63, 3.8) is 0 Å². The Morgan fingerprint density at radius 2 is 1.96 bits per heavy atom. The number of halogens is 2. The molecule has 2 aromatic carbocycles. The summed E-state index contributed by atoms with van der Waals surface area (Å²) in [4.78, 5) is 21.3. The van der Waals surface area contributed by atoms with Gasteiger partial charge in [0.05, 0.1) is 17.3 Å². The molecule has 1 N–H and O–H groups in total. The smallest absolute Gasteiger partial charge is 0.275 e. The number of aromatic nitrogens is 2. The number of carbonyl (C=O) groups excluding carboxylic acids is 1. The highest BCUT2D eigenvalue weighted by Crippen LogP contribution is 2.26. The van der Waals surface area contributed by atoms with Gasteiger partial charge in [-0.05, 0) is 45.8 Å². The monoisotopic (exact) mass is 463 g/mol. The molecule has 5 nitrogen and oxygen atoms in total. The average molecular weight is 465 g/mol. The molecule has 0 aliphatic rings. The van der Waals surface area contributed by atoms with Gasteiger partial charge >= 0.3 is 0 Å². The van der Waals surface area contributed by atoms with Crippen LogP contribution in [0.5, 0.6) is 5.75 Å². The van der Waals surface area contributed by atoms with Crippen molar-refractivity contribution < 1.29 is 9.53 Å². The van der Waals surface area contributed by atoms with Crippen molar-refractivity contribution in [2.45, 2.75) is 10.9 Å². The van der Waals surface area contributed by atoms with Gasteiger partial charge in [-0.25, -0.2) is 9.97 Å². The number of anilines is 1. The molecular formula is C19H15BrClN3O2S. The maximum atomic E-state index is 12.7. The molecule has 27 heavy (non-hydrogen) atoms. The van der Waals surface area contributed by atoms with E-state index in [9.17, 15) is 4.79 Å². The normalized spacial score (nSPS) is 10.5. The fourth-order valence-corrected chi connectivity index (χ4v) is 3.51. The number of hydrogen-bond donors (Lipinski definition) is 1. The van der Waals surface area contributed by atoms with E-state index < -0.39 is 0 Å². The van der Waals surface area contributed by atoms with Crippen molar-refractivity contribution in [2.24, 2.45) is 0 Å². The molecule has 0 aliphatic carbocycles. The molecule has 0 atom stereocenters. The fourth-order valence-electron chi connectivity index (χ4n) is 2.24. The van der Waals surface area contributed by atoms with Crippen LogP contribution in [-0.4, -0.2) is 23.0 Å². The van der Waals surface area contributed by atoms with Crippen LogP contribution in [0.1, 0.15) is 16.1 Å².